The van der Waals surface area contributed by atoms with E-state index in [-0.39, 0.29) is 18.2 Å². The lowest BCUT2D eigenvalue weighted by Gasteiger charge is -2.40. The molecule has 0 aromatic rings. The Morgan fingerprint density at radius 2 is 1.65 bits per heavy atom. The van der Waals surface area contributed by atoms with Crippen molar-refractivity contribution in [1.82, 2.24) is 9.80 Å². The number of hydrogen-bond donors (Lipinski definition) is 1. The van der Waals surface area contributed by atoms with Crippen LogP contribution in [0, 0.1) is 5.41 Å². The highest BCUT2D eigenvalue weighted by Crippen LogP contribution is 2.32. The quantitative estimate of drug-likeness (QED) is 0.783. The first kappa shape index (κ1) is 13.7. The number of carboxylic acid groups (broad SMARTS) is 1. The standard InChI is InChI=1S/C14H22N2O4/c1-14(12(17)18)4-6-15(7-5-14)13(19)16-8-10-2-3-11(9-16)20-10/h10-11H,2-9H2,1H3,(H,17,18). The van der Waals surface area contributed by atoms with Crippen molar-refractivity contribution in [2.45, 2.75) is 44.8 Å². The Bertz CT molecular complexity index is 405. The van der Waals surface area contributed by atoms with Gasteiger partial charge in [-0.1, -0.05) is 0 Å². The van der Waals surface area contributed by atoms with Crippen LogP contribution < -0.4 is 0 Å². The predicted octanol–water partition coefficient (Wildman–Crippen LogP) is 1.16. The number of carbonyl (C=O) groups excluding carboxylic acids is 1. The summed E-state index contributed by atoms with van der Waals surface area (Å²) in [6, 6.07) is 0.0534. The van der Waals surface area contributed by atoms with Gasteiger partial charge in [0.25, 0.3) is 0 Å². The van der Waals surface area contributed by atoms with E-state index in [1.165, 1.54) is 0 Å². The van der Waals surface area contributed by atoms with Crippen LogP contribution in [-0.2, 0) is 9.53 Å². The fourth-order valence-corrected chi connectivity index (χ4v) is 3.38. The highest BCUT2D eigenvalue weighted by Gasteiger charge is 2.41. The molecular weight excluding hydrogens is 260 g/mol. The number of hydrogen-bond acceptors (Lipinski definition) is 3. The van der Waals surface area contributed by atoms with Crippen LogP contribution >= 0.6 is 0 Å². The number of nitrogens with zero attached hydrogens (tertiary/aromatic N) is 2. The maximum absolute atomic E-state index is 12.5. The average Bonchev–Trinajstić information content (AvgIpc) is 2.77. The van der Waals surface area contributed by atoms with Gasteiger partial charge in [-0.05, 0) is 32.6 Å². The maximum atomic E-state index is 12.5. The normalized spacial score (nSPS) is 32.2. The first-order valence-corrected chi connectivity index (χ1v) is 7.41. The average molecular weight is 282 g/mol. The van der Waals surface area contributed by atoms with Crippen LogP contribution in [0.4, 0.5) is 4.79 Å². The second-order valence-corrected chi connectivity index (χ2v) is 6.50. The Hall–Kier alpha value is -1.30. The molecule has 3 fully saturated rings. The summed E-state index contributed by atoms with van der Waals surface area (Å²) < 4.78 is 5.74. The lowest BCUT2D eigenvalue weighted by atomic mass is 9.80. The molecule has 2 unspecified atom stereocenters. The minimum Gasteiger partial charge on any atom is -0.481 e. The zero-order chi connectivity index (χ0) is 14.3. The number of likely N-dealkylation sites (tertiary alicyclic amines) is 2. The lowest BCUT2D eigenvalue weighted by molar-refractivity contribution is -0.150. The van der Waals surface area contributed by atoms with Crippen LogP contribution in [0.15, 0.2) is 0 Å². The number of carboxylic acids is 1. The van der Waals surface area contributed by atoms with Gasteiger partial charge >= 0.3 is 12.0 Å². The number of carbonyl (C=O) groups is 2. The zero-order valence-corrected chi connectivity index (χ0v) is 11.9. The summed E-state index contributed by atoms with van der Waals surface area (Å²) in [4.78, 5) is 27.4. The minimum absolute atomic E-state index is 0.0534. The van der Waals surface area contributed by atoms with Crippen molar-refractivity contribution in [2.24, 2.45) is 5.41 Å². The Kier molecular flexibility index (Phi) is 3.36. The summed E-state index contributed by atoms with van der Waals surface area (Å²) in [6.45, 7) is 4.21. The topological polar surface area (TPSA) is 70.1 Å². The van der Waals surface area contributed by atoms with Gasteiger partial charge in [0, 0.05) is 26.2 Å². The van der Waals surface area contributed by atoms with Gasteiger partial charge in [0.15, 0.2) is 0 Å². The molecule has 112 valence electrons. The molecule has 6 heteroatoms. The number of urea groups is 1. The number of aliphatic carboxylic acids is 1. The van der Waals surface area contributed by atoms with E-state index in [1.807, 2.05) is 4.90 Å². The molecule has 0 radical (unpaired) electrons. The van der Waals surface area contributed by atoms with E-state index in [0.717, 1.165) is 12.8 Å². The summed E-state index contributed by atoms with van der Waals surface area (Å²) in [6.07, 6.45) is 3.56. The molecule has 6 nitrogen and oxygen atoms in total. The molecule has 0 aromatic carbocycles. The summed E-state index contributed by atoms with van der Waals surface area (Å²) in [5.41, 5.74) is -0.680. The molecule has 2 bridgehead atoms. The first-order chi connectivity index (χ1) is 9.48. The number of fused-ring (bicyclic) bond motifs is 2. The van der Waals surface area contributed by atoms with Crippen LogP contribution in [0.25, 0.3) is 0 Å². The molecule has 3 rings (SSSR count). The third kappa shape index (κ3) is 2.37. The lowest BCUT2D eigenvalue weighted by Crippen LogP contribution is -2.54. The number of rotatable bonds is 1. The van der Waals surface area contributed by atoms with Gasteiger partial charge in [-0.15, -0.1) is 0 Å². The second-order valence-electron chi connectivity index (χ2n) is 6.50. The van der Waals surface area contributed by atoms with Crippen molar-refractivity contribution in [1.29, 1.82) is 0 Å². The van der Waals surface area contributed by atoms with Crippen molar-refractivity contribution in [3.63, 3.8) is 0 Å². The van der Waals surface area contributed by atoms with E-state index < -0.39 is 11.4 Å². The third-order valence-corrected chi connectivity index (χ3v) is 4.97. The Balaban J connectivity index is 1.58. The minimum atomic E-state index is -0.756. The zero-order valence-electron chi connectivity index (χ0n) is 11.9. The molecule has 2 amide bonds. The van der Waals surface area contributed by atoms with Gasteiger partial charge in [0.1, 0.15) is 0 Å². The highest BCUT2D eigenvalue weighted by atomic mass is 16.5. The molecular formula is C14H22N2O4. The van der Waals surface area contributed by atoms with Crippen LogP contribution in [0.1, 0.15) is 32.6 Å². The summed E-state index contributed by atoms with van der Waals surface area (Å²) in [5, 5.41) is 9.22. The van der Waals surface area contributed by atoms with E-state index in [9.17, 15) is 14.7 Å². The molecule has 1 N–H and O–H groups in total. The first-order valence-electron chi connectivity index (χ1n) is 7.41. The number of morpholine rings is 1. The summed E-state index contributed by atoms with van der Waals surface area (Å²) in [5.74, 6) is -0.756. The Morgan fingerprint density at radius 3 is 2.15 bits per heavy atom. The molecule has 3 heterocycles. The summed E-state index contributed by atoms with van der Waals surface area (Å²) in [7, 11) is 0. The Morgan fingerprint density at radius 1 is 1.10 bits per heavy atom. The number of amides is 2. The largest absolute Gasteiger partial charge is 0.481 e. The van der Waals surface area contributed by atoms with Crippen molar-refractivity contribution in [2.75, 3.05) is 26.2 Å². The molecule has 0 aromatic heterocycles. The molecule has 20 heavy (non-hydrogen) atoms. The fraction of sp³-hybridized carbons (Fsp3) is 0.857. The molecule has 0 saturated carbocycles. The van der Waals surface area contributed by atoms with E-state index in [4.69, 9.17) is 4.74 Å². The fourth-order valence-electron chi connectivity index (χ4n) is 3.38. The van der Waals surface area contributed by atoms with Crippen LogP contribution in [0.3, 0.4) is 0 Å². The van der Waals surface area contributed by atoms with Gasteiger partial charge < -0.3 is 19.6 Å². The Labute approximate surface area is 118 Å². The van der Waals surface area contributed by atoms with Crippen molar-refractivity contribution in [3.05, 3.63) is 0 Å². The van der Waals surface area contributed by atoms with E-state index in [0.29, 0.717) is 39.0 Å². The summed E-state index contributed by atoms with van der Waals surface area (Å²) >= 11 is 0. The van der Waals surface area contributed by atoms with E-state index in [1.54, 1.807) is 11.8 Å². The van der Waals surface area contributed by atoms with Gasteiger partial charge in [-0.3, -0.25) is 4.79 Å². The van der Waals surface area contributed by atoms with Crippen LogP contribution in [0.2, 0.25) is 0 Å². The van der Waals surface area contributed by atoms with E-state index in [2.05, 4.69) is 0 Å². The molecule has 3 aliphatic rings. The van der Waals surface area contributed by atoms with Gasteiger partial charge in [-0.2, -0.15) is 0 Å². The van der Waals surface area contributed by atoms with E-state index >= 15 is 0 Å². The third-order valence-electron chi connectivity index (χ3n) is 4.97. The molecule has 2 atom stereocenters. The smallest absolute Gasteiger partial charge is 0.320 e. The van der Waals surface area contributed by atoms with Crippen molar-refractivity contribution >= 4 is 12.0 Å². The molecule has 3 aliphatic heterocycles. The highest BCUT2D eigenvalue weighted by molar-refractivity contribution is 5.77. The SMILES string of the molecule is CC1(C(=O)O)CCN(C(=O)N2CC3CCC(C2)O3)CC1. The monoisotopic (exact) mass is 282 g/mol. The molecule has 3 saturated heterocycles. The maximum Gasteiger partial charge on any atom is 0.320 e. The van der Waals surface area contributed by atoms with Crippen molar-refractivity contribution < 1.29 is 19.4 Å². The number of piperidine rings is 1. The molecule has 0 spiro atoms. The number of ether oxygens (including phenoxy) is 1. The van der Waals surface area contributed by atoms with Gasteiger partial charge in [-0.25, -0.2) is 4.79 Å². The predicted molar refractivity (Wildman–Crippen MR) is 71.4 cm³/mol. The molecule has 0 aliphatic carbocycles. The van der Waals surface area contributed by atoms with Crippen LogP contribution in [0.5, 0.6) is 0 Å². The second kappa shape index (κ2) is 4.91. The van der Waals surface area contributed by atoms with Gasteiger partial charge in [0.2, 0.25) is 0 Å². The van der Waals surface area contributed by atoms with Crippen molar-refractivity contribution in [3.8, 4) is 0 Å². The van der Waals surface area contributed by atoms with Crippen LogP contribution in [-0.4, -0.2) is 65.3 Å². The van der Waals surface area contributed by atoms with Gasteiger partial charge in [0.05, 0.1) is 17.6 Å².